The molecule has 0 fully saturated rings. The van der Waals surface area contributed by atoms with Gasteiger partial charge in [-0.15, -0.1) is 11.3 Å². The van der Waals surface area contributed by atoms with Gasteiger partial charge < -0.3 is 9.84 Å². The van der Waals surface area contributed by atoms with Gasteiger partial charge in [-0.1, -0.05) is 12.1 Å². The molecule has 1 aromatic heterocycles. The molecule has 0 amide bonds. The van der Waals surface area contributed by atoms with Crippen molar-refractivity contribution in [2.24, 2.45) is 0 Å². The lowest BCUT2D eigenvalue weighted by molar-refractivity contribution is 0.0697. The SMILES string of the molecule is O=C(O)c1sccc1OCc1cccc(F)c1. The van der Waals surface area contributed by atoms with Gasteiger partial charge in [-0.05, 0) is 29.1 Å². The molecule has 0 atom stereocenters. The maximum absolute atomic E-state index is 12.9. The molecule has 3 nitrogen and oxygen atoms in total. The molecule has 0 spiro atoms. The van der Waals surface area contributed by atoms with Crippen molar-refractivity contribution in [2.75, 3.05) is 0 Å². The maximum Gasteiger partial charge on any atom is 0.349 e. The van der Waals surface area contributed by atoms with Crippen molar-refractivity contribution in [1.82, 2.24) is 0 Å². The van der Waals surface area contributed by atoms with Crippen molar-refractivity contribution in [3.63, 3.8) is 0 Å². The van der Waals surface area contributed by atoms with E-state index in [1.165, 1.54) is 12.1 Å². The van der Waals surface area contributed by atoms with E-state index in [0.717, 1.165) is 11.3 Å². The summed E-state index contributed by atoms with van der Waals surface area (Å²) in [6.07, 6.45) is 0. The molecule has 2 aromatic rings. The van der Waals surface area contributed by atoms with Crippen molar-refractivity contribution < 1.29 is 19.0 Å². The molecule has 5 heteroatoms. The summed E-state index contributed by atoms with van der Waals surface area (Å²) in [5.74, 6) is -1.05. The summed E-state index contributed by atoms with van der Waals surface area (Å²) in [6.45, 7) is 0.148. The summed E-state index contributed by atoms with van der Waals surface area (Å²) >= 11 is 1.10. The first-order chi connectivity index (χ1) is 8.16. The molecule has 0 saturated heterocycles. The number of ether oxygens (including phenoxy) is 1. The lowest BCUT2D eigenvalue weighted by Gasteiger charge is -2.05. The largest absolute Gasteiger partial charge is 0.487 e. The van der Waals surface area contributed by atoms with E-state index < -0.39 is 5.97 Å². The highest BCUT2D eigenvalue weighted by Crippen LogP contribution is 2.25. The first-order valence-electron chi connectivity index (χ1n) is 4.85. The summed E-state index contributed by atoms with van der Waals surface area (Å²) in [7, 11) is 0. The minimum atomic E-state index is -1.02. The van der Waals surface area contributed by atoms with Crippen LogP contribution in [0.3, 0.4) is 0 Å². The van der Waals surface area contributed by atoms with Crippen molar-refractivity contribution in [3.05, 3.63) is 52.0 Å². The molecule has 88 valence electrons. The van der Waals surface area contributed by atoms with E-state index in [0.29, 0.717) is 11.3 Å². The number of benzene rings is 1. The Bertz CT molecular complexity index is 536. The zero-order chi connectivity index (χ0) is 12.3. The van der Waals surface area contributed by atoms with Gasteiger partial charge in [0.1, 0.15) is 18.2 Å². The van der Waals surface area contributed by atoms with Crippen LogP contribution in [-0.2, 0) is 6.61 Å². The van der Waals surface area contributed by atoms with E-state index in [4.69, 9.17) is 9.84 Å². The smallest absolute Gasteiger partial charge is 0.349 e. The van der Waals surface area contributed by atoms with Crippen LogP contribution in [0.25, 0.3) is 0 Å². The van der Waals surface area contributed by atoms with Gasteiger partial charge in [0.2, 0.25) is 0 Å². The first kappa shape index (κ1) is 11.6. The summed E-state index contributed by atoms with van der Waals surface area (Å²) in [5, 5.41) is 10.5. The Kier molecular flexibility index (Phi) is 3.39. The molecular weight excluding hydrogens is 243 g/mol. The first-order valence-corrected chi connectivity index (χ1v) is 5.73. The fraction of sp³-hybridized carbons (Fsp3) is 0.0833. The van der Waals surface area contributed by atoms with Crippen LogP contribution in [0.5, 0.6) is 5.75 Å². The van der Waals surface area contributed by atoms with Crippen LogP contribution in [0.15, 0.2) is 35.7 Å². The Morgan fingerprint density at radius 2 is 2.24 bits per heavy atom. The van der Waals surface area contributed by atoms with Gasteiger partial charge in [0.05, 0.1) is 0 Å². The number of hydrogen-bond acceptors (Lipinski definition) is 3. The van der Waals surface area contributed by atoms with Gasteiger partial charge in [-0.25, -0.2) is 9.18 Å². The number of thiophene rings is 1. The van der Waals surface area contributed by atoms with Gasteiger partial charge in [0.25, 0.3) is 0 Å². The van der Waals surface area contributed by atoms with Crippen LogP contribution in [-0.4, -0.2) is 11.1 Å². The Balaban J connectivity index is 2.07. The number of halogens is 1. The fourth-order valence-electron chi connectivity index (χ4n) is 1.35. The second-order valence-corrected chi connectivity index (χ2v) is 4.25. The topological polar surface area (TPSA) is 46.5 Å². The van der Waals surface area contributed by atoms with Gasteiger partial charge in [-0.3, -0.25) is 0 Å². The highest BCUT2D eigenvalue weighted by Gasteiger charge is 2.12. The molecule has 2 rings (SSSR count). The van der Waals surface area contributed by atoms with Crippen LogP contribution < -0.4 is 4.74 Å². The van der Waals surface area contributed by atoms with Gasteiger partial charge >= 0.3 is 5.97 Å². The predicted octanol–water partition coefficient (Wildman–Crippen LogP) is 3.16. The van der Waals surface area contributed by atoms with Crippen LogP contribution in [0.2, 0.25) is 0 Å². The van der Waals surface area contributed by atoms with Crippen LogP contribution in [0.4, 0.5) is 4.39 Å². The Morgan fingerprint density at radius 1 is 1.41 bits per heavy atom. The molecule has 0 unspecified atom stereocenters. The van der Waals surface area contributed by atoms with Crippen molar-refractivity contribution >= 4 is 17.3 Å². The van der Waals surface area contributed by atoms with E-state index in [-0.39, 0.29) is 17.3 Å². The third-order valence-corrected chi connectivity index (χ3v) is 2.99. The lowest BCUT2D eigenvalue weighted by atomic mass is 10.2. The molecular formula is C12H9FO3S. The molecule has 1 heterocycles. The molecule has 1 aromatic carbocycles. The summed E-state index contributed by atoms with van der Waals surface area (Å²) in [4.78, 5) is 11.0. The molecule has 0 saturated carbocycles. The minimum absolute atomic E-state index is 0.148. The fourth-order valence-corrected chi connectivity index (χ4v) is 2.03. The van der Waals surface area contributed by atoms with E-state index in [1.54, 1.807) is 23.6 Å². The Hall–Kier alpha value is -1.88. The van der Waals surface area contributed by atoms with E-state index in [2.05, 4.69) is 0 Å². The molecule has 0 aliphatic rings. The average molecular weight is 252 g/mol. The number of hydrogen-bond donors (Lipinski definition) is 1. The normalized spacial score (nSPS) is 10.2. The summed E-state index contributed by atoms with van der Waals surface area (Å²) in [5.41, 5.74) is 0.660. The third kappa shape index (κ3) is 2.82. The summed E-state index contributed by atoms with van der Waals surface area (Å²) in [6, 6.07) is 7.59. The molecule has 17 heavy (non-hydrogen) atoms. The predicted molar refractivity (Wildman–Crippen MR) is 62.0 cm³/mol. The molecule has 1 N–H and O–H groups in total. The second kappa shape index (κ2) is 4.97. The molecule has 0 aliphatic carbocycles. The maximum atomic E-state index is 12.9. The monoisotopic (exact) mass is 252 g/mol. The van der Waals surface area contributed by atoms with Crippen LogP contribution in [0.1, 0.15) is 15.2 Å². The van der Waals surface area contributed by atoms with Crippen molar-refractivity contribution in [3.8, 4) is 5.75 Å². The number of carboxylic acids is 1. The zero-order valence-electron chi connectivity index (χ0n) is 8.72. The van der Waals surface area contributed by atoms with Crippen LogP contribution in [0, 0.1) is 5.82 Å². The molecule has 0 radical (unpaired) electrons. The zero-order valence-corrected chi connectivity index (χ0v) is 9.54. The highest BCUT2D eigenvalue weighted by molar-refractivity contribution is 7.12. The highest BCUT2D eigenvalue weighted by atomic mass is 32.1. The Morgan fingerprint density at radius 3 is 2.94 bits per heavy atom. The standard InChI is InChI=1S/C12H9FO3S/c13-9-3-1-2-8(6-9)7-16-10-4-5-17-11(10)12(14)15/h1-6H,7H2,(H,14,15). The number of aromatic carboxylic acids is 1. The number of carboxylic acid groups (broad SMARTS) is 1. The number of rotatable bonds is 4. The molecule has 0 aliphatic heterocycles. The lowest BCUT2D eigenvalue weighted by Crippen LogP contribution is -2.00. The van der Waals surface area contributed by atoms with E-state index >= 15 is 0 Å². The van der Waals surface area contributed by atoms with Crippen LogP contribution >= 0.6 is 11.3 Å². The number of carbonyl (C=O) groups is 1. The van der Waals surface area contributed by atoms with E-state index in [9.17, 15) is 9.18 Å². The van der Waals surface area contributed by atoms with Gasteiger partial charge in [0.15, 0.2) is 4.88 Å². The Labute approximate surface area is 101 Å². The van der Waals surface area contributed by atoms with E-state index in [1.807, 2.05) is 0 Å². The summed E-state index contributed by atoms with van der Waals surface area (Å²) < 4.78 is 18.2. The van der Waals surface area contributed by atoms with Gasteiger partial charge in [-0.2, -0.15) is 0 Å². The quantitative estimate of drug-likeness (QED) is 0.909. The van der Waals surface area contributed by atoms with Crippen molar-refractivity contribution in [1.29, 1.82) is 0 Å². The second-order valence-electron chi connectivity index (χ2n) is 3.34. The third-order valence-electron chi connectivity index (χ3n) is 2.11. The van der Waals surface area contributed by atoms with Crippen molar-refractivity contribution in [2.45, 2.75) is 6.61 Å². The average Bonchev–Trinajstić information content (AvgIpc) is 2.74. The minimum Gasteiger partial charge on any atom is -0.487 e. The molecule has 0 bridgehead atoms. The van der Waals surface area contributed by atoms with Gasteiger partial charge in [0, 0.05) is 0 Å².